The van der Waals surface area contributed by atoms with Crippen LogP contribution in [-0.4, -0.2) is 30.1 Å². The monoisotopic (exact) mass is 250 g/mol. The van der Waals surface area contributed by atoms with Gasteiger partial charge in [0.2, 0.25) is 0 Å². The van der Waals surface area contributed by atoms with Crippen molar-refractivity contribution in [2.24, 2.45) is 5.92 Å². The second kappa shape index (κ2) is 7.90. The SMILES string of the molecule is CCCCN(C)c1cc(NCCC(C)C)ncn1. The van der Waals surface area contributed by atoms with Gasteiger partial charge >= 0.3 is 0 Å². The zero-order chi connectivity index (χ0) is 13.4. The largest absolute Gasteiger partial charge is 0.370 e. The molecule has 0 saturated carbocycles. The Morgan fingerprint density at radius 1 is 1.33 bits per heavy atom. The van der Waals surface area contributed by atoms with Crippen molar-refractivity contribution in [3.8, 4) is 0 Å². The molecule has 1 aromatic rings. The molecule has 0 spiro atoms. The van der Waals surface area contributed by atoms with Gasteiger partial charge in [-0.2, -0.15) is 0 Å². The second-order valence-corrected chi connectivity index (χ2v) is 5.15. The molecular formula is C14H26N4. The number of unbranched alkanes of at least 4 members (excludes halogenated alkanes) is 1. The number of hydrogen-bond donors (Lipinski definition) is 1. The lowest BCUT2D eigenvalue weighted by atomic mass is 10.1. The van der Waals surface area contributed by atoms with Gasteiger partial charge < -0.3 is 10.2 Å². The minimum absolute atomic E-state index is 0.714. The number of nitrogens with one attached hydrogen (secondary N) is 1. The summed E-state index contributed by atoms with van der Waals surface area (Å²) in [5.41, 5.74) is 0. The third kappa shape index (κ3) is 5.34. The normalized spacial score (nSPS) is 10.7. The van der Waals surface area contributed by atoms with E-state index in [0.717, 1.165) is 31.1 Å². The maximum absolute atomic E-state index is 4.31. The first kappa shape index (κ1) is 14.7. The first-order valence-corrected chi connectivity index (χ1v) is 6.90. The highest BCUT2D eigenvalue weighted by molar-refractivity contribution is 5.47. The molecule has 1 heterocycles. The van der Waals surface area contributed by atoms with E-state index in [1.807, 2.05) is 6.07 Å². The van der Waals surface area contributed by atoms with Crippen LogP contribution in [0.1, 0.15) is 40.0 Å². The summed E-state index contributed by atoms with van der Waals surface area (Å²) in [4.78, 5) is 10.7. The van der Waals surface area contributed by atoms with E-state index >= 15 is 0 Å². The van der Waals surface area contributed by atoms with Crippen molar-refractivity contribution in [1.82, 2.24) is 9.97 Å². The maximum Gasteiger partial charge on any atom is 0.133 e. The average molecular weight is 250 g/mol. The van der Waals surface area contributed by atoms with Crippen LogP contribution in [0.15, 0.2) is 12.4 Å². The van der Waals surface area contributed by atoms with E-state index in [1.54, 1.807) is 6.33 Å². The van der Waals surface area contributed by atoms with E-state index in [4.69, 9.17) is 0 Å². The minimum Gasteiger partial charge on any atom is -0.370 e. The van der Waals surface area contributed by atoms with Crippen molar-refractivity contribution < 1.29 is 0 Å². The smallest absolute Gasteiger partial charge is 0.133 e. The predicted octanol–water partition coefficient (Wildman–Crippen LogP) is 3.17. The summed E-state index contributed by atoms with van der Waals surface area (Å²) in [5.74, 6) is 2.63. The van der Waals surface area contributed by atoms with Crippen LogP contribution in [0.2, 0.25) is 0 Å². The topological polar surface area (TPSA) is 41.0 Å². The molecule has 1 N–H and O–H groups in total. The van der Waals surface area contributed by atoms with E-state index in [2.05, 4.69) is 48.0 Å². The van der Waals surface area contributed by atoms with Gasteiger partial charge in [-0.3, -0.25) is 0 Å². The third-order valence-electron chi connectivity index (χ3n) is 2.92. The predicted molar refractivity (Wildman–Crippen MR) is 78.2 cm³/mol. The van der Waals surface area contributed by atoms with Crippen LogP contribution in [0.4, 0.5) is 11.6 Å². The number of aromatic nitrogens is 2. The molecule has 0 atom stereocenters. The molecule has 18 heavy (non-hydrogen) atoms. The number of hydrogen-bond acceptors (Lipinski definition) is 4. The van der Waals surface area contributed by atoms with Crippen molar-refractivity contribution in [2.75, 3.05) is 30.4 Å². The molecule has 4 heteroatoms. The highest BCUT2D eigenvalue weighted by atomic mass is 15.2. The van der Waals surface area contributed by atoms with Crippen LogP contribution in [0.25, 0.3) is 0 Å². The summed E-state index contributed by atoms with van der Waals surface area (Å²) in [6.45, 7) is 8.66. The van der Waals surface area contributed by atoms with Gasteiger partial charge in [-0.25, -0.2) is 9.97 Å². The highest BCUT2D eigenvalue weighted by Crippen LogP contribution is 2.13. The van der Waals surface area contributed by atoms with Crippen molar-refractivity contribution in [1.29, 1.82) is 0 Å². The molecule has 0 saturated heterocycles. The fraction of sp³-hybridized carbons (Fsp3) is 0.714. The van der Waals surface area contributed by atoms with Crippen LogP contribution >= 0.6 is 0 Å². The molecule has 102 valence electrons. The summed E-state index contributed by atoms with van der Waals surface area (Å²) >= 11 is 0. The standard InChI is InChI=1S/C14H26N4/c1-5-6-9-18(4)14-10-13(16-11-17-14)15-8-7-12(2)3/h10-12H,5-9H2,1-4H3,(H,15,16,17). The van der Waals surface area contributed by atoms with Gasteiger partial charge in [0.05, 0.1) is 0 Å². The van der Waals surface area contributed by atoms with Crippen molar-refractivity contribution in [3.63, 3.8) is 0 Å². The summed E-state index contributed by atoms with van der Waals surface area (Å²) in [6.07, 6.45) is 5.19. The maximum atomic E-state index is 4.31. The summed E-state index contributed by atoms with van der Waals surface area (Å²) < 4.78 is 0. The summed E-state index contributed by atoms with van der Waals surface area (Å²) in [7, 11) is 2.08. The van der Waals surface area contributed by atoms with E-state index in [-0.39, 0.29) is 0 Å². The van der Waals surface area contributed by atoms with Crippen LogP contribution < -0.4 is 10.2 Å². The Morgan fingerprint density at radius 2 is 2.11 bits per heavy atom. The first-order valence-electron chi connectivity index (χ1n) is 6.90. The van der Waals surface area contributed by atoms with Crippen LogP contribution in [0, 0.1) is 5.92 Å². The Morgan fingerprint density at radius 3 is 2.78 bits per heavy atom. The van der Waals surface area contributed by atoms with E-state index in [0.29, 0.717) is 5.92 Å². The van der Waals surface area contributed by atoms with Gasteiger partial charge in [0.15, 0.2) is 0 Å². The number of anilines is 2. The van der Waals surface area contributed by atoms with Crippen LogP contribution in [0.5, 0.6) is 0 Å². The molecule has 4 nitrogen and oxygen atoms in total. The molecule has 0 aliphatic rings. The quantitative estimate of drug-likeness (QED) is 0.769. The molecule has 0 aromatic carbocycles. The Bertz CT molecular complexity index is 338. The molecule has 1 rings (SSSR count). The number of rotatable bonds is 8. The number of nitrogens with zero attached hydrogens (tertiary/aromatic N) is 3. The van der Waals surface area contributed by atoms with Gasteiger partial charge in [-0.1, -0.05) is 27.2 Å². The second-order valence-electron chi connectivity index (χ2n) is 5.15. The lowest BCUT2D eigenvalue weighted by Crippen LogP contribution is -2.20. The zero-order valence-electron chi connectivity index (χ0n) is 12.1. The molecule has 0 amide bonds. The Kier molecular flexibility index (Phi) is 6.47. The van der Waals surface area contributed by atoms with Crippen molar-refractivity contribution in [2.45, 2.75) is 40.0 Å². The van der Waals surface area contributed by atoms with E-state index in [1.165, 1.54) is 12.8 Å². The minimum atomic E-state index is 0.714. The lowest BCUT2D eigenvalue weighted by Gasteiger charge is -2.18. The van der Waals surface area contributed by atoms with Crippen LogP contribution in [-0.2, 0) is 0 Å². The average Bonchev–Trinajstić information content (AvgIpc) is 2.36. The zero-order valence-corrected chi connectivity index (χ0v) is 12.1. The van der Waals surface area contributed by atoms with Gasteiger partial charge in [0.25, 0.3) is 0 Å². The van der Waals surface area contributed by atoms with Gasteiger partial charge in [0, 0.05) is 26.2 Å². The highest BCUT2D eigenvalue weighted by Gasteiger charge is 2.03. The lowest BCUT2D eigenvalue weighted by molar-refractivity contribution is 0.606. The van der Waals surface area contributed by atoms with Gasteiger partial charge in [-0.05, 0) is 18.8 Å². The molecule has 0 aliphatic carbocycles. The fourth-order valence-corrected chi connectivity index (χ4v) is 1.65. The van der Waals surface area contributed by atoms with E-state index in [9.17, 15) is 0 Å². The summed E-state index contributed by atoms with van der Waals surface area (Å²) in [6, 6.07) is 2.02. The Labute approximate surface area is 111 Å². The van der Waals surface area contributed by atoms with Crippen LogP contribution in [0.3, 0.4) is 0 Å². The van der Waals surface area contributed by atoms with E-state index < -0.39 is 0 Å². The first-order chi connectivity index (χ1) is 8.63. The van der Waals surface area contributed by atoms with Crippen molar-refractivity contribution in [3.05, 3.63) is 12.4 Å². The molecule has 1 aromatic heterocycles. The van der Waals surface area contributed by atoms with Crippen molar-refractivity contribution >= 4 is 11.6 Å². The third-order valence-corrected chi connectivity index (χ3v) is 2.92. The summed E-state index contributed by atoms with van der Waals surface area (Å²) in [5, 5.41) is 3.35. The molecule has 0 radical (unpaired) electrons. The Balaban J connectivity index is 2.50. The molecular weight excluding hydrogens is 224 g/mol. The van der Waals surface area contributed by atoms with Gasteiger partial charge in [0.1, 0.15) is 18.0 Å². The molecule has 0 unspecified atom stereocenters. The molecule has 0 bridgehead atoms. The fourth-order valence-electron chi connectivity index (χ4n) is 1.65. The van der Waals surface area contributed by atoms with Gasteiger partial charge in [-0.15, -0.1) is 0 Å². The molecule has 0 aliphatic heterocycles. The molecule has 0 fully saturated rings. The Hall–Kier alpha value is -1.32.